The van der Waals surface area contributed by atoms with Gasteiger partial charge in [0, 0.05) is 32.2 Å². The molecule has 2 atom stereocenters. The van der Waals surface area contributed by atoms with Gasteiger partial charge < -0.3 is 14.6 Å². The number of nitrogens with zero attached hydrogens (tertiary/aromatic N) is 3. The number of aliphatic hydroxyl groups excluding tert-OH is 1. The van der Waals surface area contributed by atoms with Crippen LogP contribution < -0.4 is 0 Å². The average molecular weight is 285 g/mol. The minimum atomic E-state index is -0.477. The zero-order chi connectivity index (χ0) is 14.8. The Bertz CT molecular complexity index is 623. The topological polar surface area (TPSA) is 58.4 Å². The van der Waals surface area contributed by atoms with Crippen molar-refractivity contribution in [2.24, 2.45) is 7.05 Å². The van der Waals surface area contributed by atoms with Crippen molar-refractivity contribution in [3.8, 4) is 0 Å². The molecule has 110 valence electrons. The summed E-state index contributed by atoms with van der Waals surface area (Å²) < 4.78 is 1.81. The maximum atomic E-state index is 12.7. The van der Waals surface area contributed by atoms with Crippen molar-refractivity contribution in [2.45, 2.75) is 25.0 Å². The van der Waals surface area contributed by atoms with Gasteiger partial charge in [0.2, 0.25) is 0 Å². The first kappa shape index (κ1) is 13.8. The van der Waals surface area contributed by atoms with E-state index in [0.29, 0.717) is 25.1 Å². The van der Waals surface area contributed by atoms with Gasteiger partial charge in [-0.05, 0) is 36.6 Å². The molecule has 0 saturated carbocycles. The number of aryl methyl sites for hydroxylation is 1. The Balaban J connectivity index is 1.81. The molecule has 0 bridgehead atoms. The molecule has 3 rings (SSSR count). The Hall–Kier alpha value is -2.14. The van der Waals surface area contributed by atoms with Crippen molar-refractivity contribution in [3.63, 3.8) is 0 Å². The monoisotopic (exact) mass is 285 g/mol. The van der Waals surface area contributed by atoms with Crippen molar-refractivity contribution >= 4 is 5.91 Å². The zero-order valence-corrected chi connectivity index (χ0v) is 12.0. The maximum Gasteiger partial charge on any atom is 0.270 e. The summed E-state index contributed by atoms with van der Waals surface area (Å²) in [4.78, 5) is 18.5. The van der Waals surface area contributed by atoms with Gasteiger partial charge in [-0.1, -0.05) is 6.07 Å². The van der Waals surface area contributed by atoms with Gasteiger partial charge in [0.25, 0.3) is 5.91 Å². The van der Waals surface area contributed by atoms with Gasteiger partial charge >= 0.3 is 0 Å². The van der Waals surface area contributed by atoms with E-state index in [1.807, 2.05) is 42.1 Å². The smallest absolute Gasteiger partial charge is 0.270 e. The third-order valence-corrected chi connectivity index (χ3v) is 4.10. The Morgan fingerprint density at radius 1 is 1.43 bits per heavy atom. The molecule has 5 heteroatoms. The van der Waals surface area contributed by atoms with E-state index in [1.54, 1.807) is 17.3 Å². The molecule has 2 aromatic rings. The van der Waals surface area contributed by atoms with Crippen LogP contribution in [0.3, 0.4) is 0 Å². The summed E-state index contributed by atoms with van der Waals surface area (Å²) >= 11 is 0. The summed E-state index contributed by atoms with van der Waals surface area (Å²) in [6, 6.07) is 7.34. The van der Waals surface area contributed by atoms with E-state index in [4.69, 9.17) is 0 Å². The molecule has 2 aromatic heterocycles. The highest BCUT2D eigenvalue weighted by Gasteiger charge is 2.36. The van der Waals surface area contributed by atoms with Crippen LogP contribution in [0, 0.1) is 0 Å². The fourth-order valence-corrected chi connectivity index (χ4v) is 2.93. The van der Waals surface area contributed by atoms with E-state index in [2.05, 4.69) is 4.98 Å². The second kappa shape index (κ2) is 5.69. The molecule has 0 spiro atoms. The largest absolute Gasteiger partial charge is 0.391 e. The first-order valence-corrected chi connectivity index (χ1v) is 7.16. The van der Waals surface area contributed by atoms with Gasteiger partial charge in [-0.25, -0.2) is 0 Å². The summed E-state index contributed by atoms with van der Waals surface area (Å²) in [6.45, 7) is 0.593. The SMILES string of the molecule is Cn1cccc1C(=O)N1CC[C@@H](O)[C@H]1Cc1cccnc1. The normalized spacial score (nSPS) is 21.7. The molecular formula is C16H19N3O2. The van der Waals surface area contributed by atoms with Crippen molar-refractivity contribution in [1.82, 2.24) is 14.5 Å². The minimum Gasteiger partial charge on any atom is -0.391 e. The van der Waals surface area contributed by atoms with Crippen molar-refractivity contribution in [2.75, 3.05) is 6.54 Å². The van der Waals surface area contributed by atoms with E-state index in [1.165, 1.54) is 0 Å². The fraction of sp³-hybridized carbons (Fsp3) is 0.375. The van der Waals surface area contributed by atoms with Crippen LogP contribution in [0.25, 0.3) is 0 Å². The second-order valence-corrected chi connectivity index (χ2v) is 5.49. The number of rotatable bonds is 3. The molecule has 5 nitrogen and oxygen atoms in total. The molecule has 1 saturated heterocycles. The molecule has 3 heterocycles. The van der Waals surface area contributed by atoms with E-state index in [9.17, 15) is 9.90 Å². The molecule has 1 aliphatic rings. The highest BCUT2D eigenvalue weighted by atomic mass is 16.3. The fourth-order valence-electron chi connectivity index (χ4n) is 2.93. The number of carbonyl (C=O) groups excluding carboxylic acids is 1. The lowest BCUT2D eigenvalue weighted by atomic mass is 10.0. The van der Waals surface area contributed by atoms with Gasteiger partial charge in [-0.3, -0.25) is 9.78 Å². The van der Waals surface area contributed by atoms with Crippen molar-refractivity contribution in [3.05, 3.63) is 54.1 Å². The molecule has 1 fully saturated rings. The number of pyridine rings is 1. The third kappa shape index (κ3) is 2.69. The van der Waals surface area contributed by atoms with Gasteiger partial charge in [-0.2, -0.15) is 0 Å². The lowest BCUT2D eigenvalue weighted by Crippen LogP contribution is -2.41. The Kier molecular flexibility index (Phi) is 3.75. The standard InChI is InChI=1S/C16H19N3O2/c1-18-8-3-5-13(18)16(21)19-9-6-15(20)14(19)10-12-4-2-7-17-11-12/h2-5,7-8,11,14-15,20H,6,9-10H2,1H3/t14-,15-/m1/s1. The van der Waals surface area contributed by atoms with Gasteiger partial charge in [-0.15, -0.1) is 0 Å². The lowest BCUT2D eigenvalue weighted by Gasteiger charge is -2.26. The summed E-state index contributed by atoms with van der Waals surface area (Å²) in [7, 11) is 1.86. The van der Waals surface area contributed by atoms with E-state index < -0.39 is 6.10 Å². The number of hydrogen-bond donors (Lipinski definition) is 1. The quantitative estimate of drug-likeness (QED) is 0.923. The Labute approximate surface area is 123 Å². The van der Waals surface area contributed by atoms with Crippen LogP contribution in [0.1, 0.15) is 22.5 Å². The summed E-state index contributed by atoms with van der Waals surface area (Å²) in [5.41, 5.74) is 1.69. The molecule has 0 unspecified atom stereocenters. The Morgan fingerprint density at radius 2 is 2.29 bits per heavy atom. The lowest BCUT2D eigenvalue weighted by molar-refractivity contribution is 0.0631. The molecular weight excluding hydrogens is 266 g/mol. The number of aliphatic hydroxyl groups is 1. The van der Waals surface area contributed by atoms with Gasteiger partial charge in [0.05, 0.1) is 12.1 Å². The first-order valence-electron chi connectivity index (χ1n) is 7.16. The van der Waals surface area contributed by atoms with E-state index in [-0.39, 0.29) is 11.9 Å². The summed E-state index contributed by atoms with van der Waals surface area (Å²) in [5.74, 6) is -0.0204. The van der Waals surface area contributed by atoms with E-state index >= 15 is 0 Å². The second-order valence-electron chi connectivity index (χ2n) is 5.49. The number of aromatic nitrogens is 2. The van der Waals surface area contributed by atoms with Crippen LogP contribution in [-0.2, 0) is 13.5 Å². The third-order valence-electron chi connectivity index (χ3n) is 4.10. The van der Waals surface area contributed by atoms with Crippen LogP contribution in [0.2, 0.25) is 0 Å². The summed E-state index contributed by atoms with van der Waals surface area (Å²) in [6.07, 6.45) is 6.15. The zero-order valence-electron chi connectivity index (χ0n) is 12.0. The summed E-state index contributed by atoms with van der Waals surface area (Å²) in [5, 5.41) is 10.2. The number of carbonyl (C=O) groups is 1. The molecule has 0 aromatic carbocycles. The van der Waals surface area contributed by atoms with Gasteiger partial charge in [0.15, 0.2) is 0 Å². The average Bonchev–Trinajstić information content (AvgIpc) is 3.07. The predicted octanol–water partition coefficient (Wildman–Crippen LogP) is 1.24. The van der Waals surface area contributed by atoms with Crippen LogP contribution in [-0.4, -0.2) is 44.2 Å². The van der Waals surface area contributed by atoms with Crippen LogP contribution in [0.5, 0.6) is 0 Å². The maximum absolute atomic E-state index is 12.7. The number of likely N-dealkylation sites (tertiary alicyclic amines) is 1. The predicted molar refractivity (Wildman–Crippen MR) is 78.8 cm³/mol. The van der Waals surface area contributed by atoms with Gasteiger partial charge in [0.1, 0.15) is 5.69 Å². The molecule has 1 amide bonds. The number of hydrogen-bond acceptors (Lipinski definition) is 3. The van der Waals surface area contributed by atoms with E-state index in [0.717, 1.165) is 5.56 Å². The highest BCUT2D eigenvalue weighted by Crippen LogP contribution is 2.23. The molecule has 0 aliphatic carbocycles. The van der Waals surface area contributed by atoms with Crippen LogP contribution in [0.4, 0.5) is 0 Å². The Morgan fingerprint density at radius 3 is 2.95 bits per heavy atom. The van der Waals surface area contributed by atoms with Crippen LogP contribution in [0.15, 0.2) is 42.9 Å². The van der Waals surface area contributed by atoms with Crippen molar-refractivity contribution in [1.29, 1.82) is 0 Å². The number of amides is 1. The molecule has 1 aliphatic heterocycles. The van der Waals surface area contributed by atoms with Crippen LogP contribution >= 0.6 is 0 Å². The highest BCUT2D eigenvalue weighted by molar-refractivity contribution is 5.93. The van der Waals surface area contributed by atoms with Crippen molar-refractivity contribution < 1.29 is 9.90 Å². The molecule has 1 N–H and O–H groups in total. The molecule has 21 heavy (non-hydrogen) atoms. The molecule has 0 radical (unpaired) electrons. The minimum absolute atomic E-state index is 0.0204. The first-order chi connectivity index (χ1) is 10.2.